The molecule has 20 heavy (non-hydrogen) atoms. The van der Waals surface area contributed by atoms with Crippen molar-refractivity contribution < 1.29 is 23.9 Å². The third-order valence-corrected chi connectivity index (χ3v) is 8.12. The zero-order valence-electron chi connectivity index (χ0n) is 13.3. The number of carboxylic acids is 1. The van der Waals surface area contributed by atoms with E-state index in [-0.39, 0.29) is 18.1 Å². The molecule has 6 nitrogen and oxygen atoms in total. The number of carbonyl (C=O) groups is 2. The lowest BCUT2D eigenvalue weighted by Crippen LogP contribution is -2.45. The van der Waals surface area contributed by atoms with E-state index >= 15 is 0 Å². The Morgan fingerprint density at radius 3 is 2.25 bits per heavy atom. The molecule has 0 aliphatic rings. The highest BCUT2D eigenvalue weighted by atomic mass is 28.4. The van der Waals surface area contributed by atoms with Crippen LogP contribution in [0.2, 0.25) is 18.1 Å². The van der Waals surface area contributed by atoms with Gasteiger partial charge in [0.05, 0.1) is 0 Å². The van der Waals surface area contributed by atoms with Crippen LogP contribution in [0.15, 0.2) is 0 Å². The molecule has 1 amide bonds. The van der Waals surface area contributed by atoms with E-state index in [9.17, 15) is 9.59 Å². The smallest absolute Gasteiger partial charge is 0.326 e. The van der Waals surface area contributed by atoms with E-state index in [1.807, 2.05) is 0 Å². The molecule has 0 unspecified atom stereocenters. The molecular weight excluding hydrogens is 278 g/mol. The number of carboxylic acid groups (broad SMARTS) is 1. The van der Waals surface area contributed by atoms with Crippen LogP contribution in [0.1, 0.15) is 27.2 Å². The Balaban J connectivity index is 4.37. The van der Waals surface area contributed by atoms with E-state index in [0.29, 0.717) is 6.61 Å². The minimum Gasteiger partial charge on any atom is -0.480 e. The fourth-order valence-electron chi connectivity index (χ4n) is 1.27. The first kappa shape index (κ1) is 19.1. The molecule has 0 bridgehead atoms. The molecule has 0 rings (SSSR count). The topological polar surface area (TPSA) is 84.9 Å². The Labute approximate surface area is 122 Å². The van der Waals surface area contributed by atoms with Gasteiger partial charge in [-0.15, -0.1) is 0 Å². The first-order chi connectivity index (χ1) is 9.01. The average Bonchev–Trinajstić information content (AvgIpc) is 2.26. The van der Waals surface area contributed by atoms with Gasteiger partial charge in [-0.3, -0.25) is 4.79 Å². The van der Waals surface area contributed by atoms with Crippen LogP contribution in [-0.4, -0.2) is 51.7 Å². The minimum atomic E-state index is -1.89. The van der Waals surface area contributed by atoms with Crippen LogP contribution in [0.5, 0.6) is 0 Å². The van der Waals surface area contributed by atoms with Crippen LogP contribution in [0.25, 0.3) is 0 Å². The number of amides is 1. The molecule has 0 radical (unpaired) electrons. The normalized spacial score (nSPS) is 13.9. The van der Waals surface area contributed by atoms with E-state index in [1.54, 1.807) is 0 Å². The maximum atomic E-state index is 11.3. The summed E-state index contributed by atoms with van der Waals surface area (Å²) in [7, 11) is -0.507. The van der Waals surface area contributed by atoms with E-state index in [0.717, 1.165) is 0 Å². The first-order valence-corrected chi connectivity index (χ1v) is 9.57. The third kappa shape index (κ3) is 6.49. The Morgan fingerprint density at radius 2 is 1.85 bits per heavy atom. The summed E-state index contributed by atoms with van der Waals surface area (Å²) in [4.78, 5) is 22.4. The molecule has 0 aromatic rings. The molecule has 0 aliphatic heterocycles. The summed E-state index contributed by atoms with van der Waals surface area (Å²) in [5, 5.41) is 11.6. The van der Waals surface area contributed by atoms with E-state index in [2.05, 4.69) is 43.9 Å². The first-order valence-electron chi connectivity index (χ1n) is 6.66. The van der Waals surface area contributed by atoms with Crippen molar-refractivity contribution in [1.29, 1.82) is 0 Å². The van der Waals surface area contributed by atoms with Gasteiger partial charge in [-0.2, -0.15) is 0 Å². The molecular formula is C13H27NO5Si. The summed E-state index contributed by atoms with van der Waals surface area (Å²) >= 11 is 0. The summed E-state index contributed by atoms with van der Waals surface area (Å²) < 4.78 is 10.6. The van der Waals surface area contributed by atoms with Crippen molar-refractivity contribution in [3.63, 3.8) is 0 Å². The third-order valence-electron chi connectivity index (χ3n) is 3.58. The molecule has 0 aromatic carbocycles. The van der Waals surface area contributed by atoms with Gasteiger partial charge in [-0.05, 0) is 18.1 Å². The van der Waals surface area contributed by atoms with E-state index < -0.39 is 26.2 Å². The molecule has 0 saturated heterocycles. The largest absolute Gasteiger partial charge is 0.480 e. The van der Waals surface area contributed by atoms with E-state index in [4.69, 9.17) is 9.53 Å². The number of hydrogen-bond acceptors (Lipinski definition) is 4. The maximum absolute atomic E-state index is 11.3. The van der Waals surface area contributed by atoms with Gasteiger partial charge < -0.3 is 19.6 Å². The maximum Gasteiger partial charge on any atom is 0.326 e. The Morgan fingerprint density at radius 1 is 1.30 bits per heavy atom. The summed E-state index contributed by atoms with van der Waals surface area (Å²) in [6.07, 6.45) is 0.247. The van der Waals surface area contributed by atoms with Crippen molar-refractivity contribution in [2.75, 3.05) is 20.3 Å². The van der Waals surface area contributed by atoms with Gasteiger partial charge in [-0.25, -0.2) is 4.79 Å². The quantitative estimate of drug-likeness (QED) is 0.666. The van der Waals surface area contributed by atoms with Crippen molar-refractivity contribution in [1.82, 2.24) is 5.32 Å². The number of ether oxygens (including phenoxy) is 1. The Bertz CT molecular complexity index is 338. The van der Waals surface area contributed by atoms with Crippen LogP contribution >= 0.6 is 0 Å². The summed E-state index contributed by atoms with van der Waals surface area (Å²) in [6, 6.07) is -0.942. The second-order valence-electron chi connectivity index (χ2n) is 6.29. The van der Waals surface area contributed by atoms with Crippen LogP contribution in [0, 0.1) is 0 Å². The molecule has 2 N–H and O–H groups in total. The molecule has 0 aromatic heterocycles. The van der Waals surface area contributed by atoms with Crippen LogP contribution in [0.3, 0.4) is 0 Å². The number of hydrogen-bond donors (Lipinski definition) is 2. The summed E-state index contributed by atoms with van der Waals surface area (Å²) in [5.74, 6) is -1.50. The number of nitrogens with one attached hydrogen (secondary N) is 1. The Hall–Kier alpha value is -0.923. The molecule has 0 heterocycles. The van der Waals surface area contributed by atoms with Crippen LogP contribution in [0.4, 0.5) is 0 Å². The SMILES string of the molecule is COCC(=O)N[C@@H](CCO[Si](C)(C)C(C)(C)C)C(=O)O. The standard InChI is InChI=1S/C13H27NO5Si/c1-13(2,3)20(5,6)19-8-7-10(12(16)17)14-11(15)9-18-4/h10H,7-9H2,1-6H3,(H,14,15)(H,16,17)/t10-/m0/s1. The zero-order chi connectivity index (χ0) is 16.0. The number of rotatable bonds is 8. The van der Waals surface area contributed by atoms with Crippen molar-refractivity contribution in [2.45, 2.75) is 51.4 Å². The summed E-state index contributed by atoms with van der Waals surface area (Å²) in [5.41, 5.74) is 0. The van der Waals surface area contributed by atoms with Crippen molar-refractivity contribution in [3.05, 3.63) is 0 Å². The van der Waals surface area contributed by atoms with Gasteiger partial charge in [0.2, 0.25) is 5.91 Å². The predicted octanol–water partition coefficient (Wildman–Crippen LogP) is 1.61. The second kappa shape index (κ2) is 7.75. The van der Waals surface area contributed by atoms with Gasteiger partial charge in [0, 0.05) is 20.1 Å². The number of carbonyl (C=O) groups excluding carboxylic acids is 1. The minimum absolute atomic E-state index is 0.0744. The highest BCUT2D eigenvalue weighted by Gasteiger charge is 2.37. The number of aliphatic carboxylic acids is 1. The van der Waals surface area contributed by atoms with E-state index in [1.165, 1.54) is 7.11 Å². The van der Waals surface area contributed by atoms with Gasteiger partial charge in [0.25, 0.3) is 0 Å². The molecule has 0 saturated carbocycles. The Kier molecular flexibility index (Phi) is 7.39. The highest BCUT2D eigenvalue weighted by Crippen LogP contribution is 2.36. The second-order valence-corrected chi connectivity index (χ2v) is 11.1. The monoisotopic (exact) mass is 305 g/mol. The lowest BCUT2D eigenvalue weighted by molar-refractivity contribution is -0.142. The van der Waals surface area contributed by atoms with Crippen molar-refractivity contribution in [3.8, 4) is 0 Å². The molecule has 0 spiro atoms. The molecule has 7 heteroatoms. The fraction of sp³-hybridized carbons (Fsp3) is 0.846. The average molecular weight is 305 g/mol. The van der Waals surface area contributed by atoms with Crippen molar-refractivity contribution >= 4 is 20.2 Å². The molecule has 118 valence electrons. The van der Waals surface area contributed by atoms with Gasteiger partial charge >= 0.3 is 5.97 Å². The predicted molar refractivity (Wildman–Crippen MR) is 79.2 cm³/mol. The zero-order valence-corrected chi connectivity index (χ0v) is 14.3. The fourth-order valence-corrected chi connectivity index (χ4v) is 2.33. The highest BCUT2D eigenvalue weighted by molar-refractivity contribution is 6.74. The summed E-state index contributed by atoms with van der Waals surface area (Å²) in [6.45, 7) is 10.7. The van der Waals surface area contributed by atoms with Crippen molar-refractivity contribution in [2.24, 2.45) is 0 Å². The molecule has 0 aliphatic carbocycles. The molecule has 1 atom stereocenters. The van der Waals surface area contributed by atoms with Crippen LogP contribution in [-0.2, 0) is 18.8 Å². The lowest BCUT2D eigenvalue weighted by atomic mass is 10.2. The van der Waals surface area contributed by atoms with Gasteiger partial charge in [0.1, 0.15) is 12.6 Å². The lowest BCUT2D eigenvalue weighted by Gasteiger charge is -2.36. The van der Waals surface area contributed by atoms with Crippen LogP contribution < -0.4 is 5.32 Å². The number of methoxy groups -OCH3 is 1. The molecule has 0 fully saturated rings. The van der Waals surface area contributed by atoms with Gasteiger partial charge in [-0.1, -0.05) is 20.8 Å². The van der Waals surface area contributed by atoms with Gasteiger partial charge in [0.15, 0.2) is 8.32 Å².